The molecule has 1 heterocycles. The van der Waals surface area contributed by atoms with Crippen molar-refractivity contribution < 1.29 is 9.18 Å². The number of carbonyl (C=O) groups excluding carboxylic acids is 1. The number of halogens is 1. The molecule has 0 saturated carbocycles. The molecule has 20 heavy (non-hydrogen) atoms. The van der Waals surface area contributed by atoms with Crippen LogP contribution in [0.5, 0.6) is 0 Å². The van der Waals surface area contributed by atoms with Gasteiger partial charge in [-0.2, -0.15) is 0 Å². The van der Waals surface area contributed by atoms with Gasteiger partial charge in [-0.15, -0.1) is 0 Å². The van der Waals surface area contributed by atoms with Crippen LogP contribution in [0.25, 0.3) is 0 Å². The van der Waals surface area contributed by atoms with E-state index in [0.717, 1.165) is 50.3 Å². The van der Waals surface area contributed by atoms with Crippen LogP contribution >= 0.6 is 0 Å². The van der Waals surface area contributed by atoms with Crippen molar-refractivity contribution in [3.63, 3.8) is 0 Å². The summed E-state index contributed by atoms with van der Waals surface area (Å²) in [7, 11) is 0. The Morgan fingerprint density at radius 2 is 2.05 bits per heavy atom. The van der Waals surface area contributed by atoms with Crippen LogP contribution < -0.4 is 5.73 Å². The number of benzene rings is 1. The smallest absolute Gasteiger partial charge is 0.219 e. The maximum atomic E-state index is 13.2. The molecule has 0 aliphatic carbocycles. The largest absolute Gasteiger partial charge is 0.342 e. The van der Waals surface area contributed by atoms with Crippen LogP contribution in [0.15, 0.2) is 18.2 Å². The molecule has 0 spiro atoms. The Kier molecular flexibility index (Phi) is 5.09. The fourth-order valence-corrected chi connectivity index (χ4v) is 2.62. The minimum Gasteiger partial charge on any atom is -0.342 e. The molecule has 1 aromatic carbocycles. The molecule has 0 aromatic heterocycles. The minimum atomic E-state index is -0.243. The fourth-order valence-electron chi connectivity index (χ4n) is 2.62. The Labute approximate surface area is 119 Å². The topological polar surface area (TPSA) is 49.6 Å². The van der Waals surface area contributed by atoms with Crippen LogP contribution in [0.2, 0.25) is 0 Å². The molecule has 0 radical (unpaired) electrons. The molecule has 1 fully saturated rings. The van der Waals surface area contributed by atoms with E-state index < -0.39 is 0 Å². The molecule has 0 bridgehead atoms. The number of nitrogens with two attached hydrogens (primary N) is 1. The number of rotatable bonds is 3. The molecule has 1 aliphatic heterocycles. The Morgan fingerprint density at radius 3 is 2.75 bits per heavy atom. The molecule has 2 rings (SSSR count). The van der Waals surface area contributed by atoms with Crippen molar-refractivity contribution >= 4 is 5.91 Å². The van der Waals surface area contributed by atoms with Crippen molar-refractivity contribution in [2.75, 3.05) is 26.2 Å². The highest BCUT2D eigenvalue weighted by Crippen LogP contribution is 2.15. The predicted octanol–water partition coefficient (Wildman–Crippen LogP) is 1.34. The van der Waals surface area contributed by atoms with Crippen LogP contribution in [0, 0.1) is 5.82 Å². The van der Waals surface area contributed by atoms with Crippen molar-refractivity contribution in [1.82, 2.24) is 9.80 Å². The molecular formula is C15H22FN3O. The van der Waals surface area contributed by atoms with E-state index in [1.165, 1.54) is 12.1 Å². The second-order valence-corrected chi connectivity index (χ2v) is 5.25. The van der Waals surface area contributed by atoms with Crippen molar-refractivity contribution in [2.24, 2.45) is 5.73 Å². The van der Waals surface area contributed by atoms with Gasteiger partial charge < -0.3 is 10.6 Å². The van der Waals surface area contributed by atoms with Gasteiger partial charge in [0.2, 0.25) is 5.91 Å². The van der Waals surface area contributed by atoms with E-state index in [2.05, 4.69) is 4.90 Å². The summed E-state index contributed by atoms with van der Waals surface area (Å²) in [6, 6.07) is 4.80. The number of nitrogens with zero attached hydrogens (tertiary/aromatic N) is 2. The predicted molar refractivity (Wildman–Crippen MR) is 76.4 cm³/mol. The summed E-state index contributed by atoms with van der Waals surface area (Å²) < 4.78 is 13.2. The molecule has 1 aromatic rings. The fraction of sp³-hybridized carbons (Fsp3) is 0.533. The highest BCUT2D eigenvalue weighted by molar-refractivity contribution is 5.73. The number of amides is 1. The first-order chi connectivity index (χ1) is 9.60. The lowest BCUT2D eigenvalue weighted by Gasteiger charge is -2.22. The van der Waals surface area contributed by atoms with Gasteiger partial charge in [0.15, 0.2) is 0 Å². The van der Waals surface area contributed by atoms with Gasteiger partial charge >= 0.3 is 0 Å². The zero-order valence-corrected chi connectivity index (χ0v) is 11.9. The third kappa shape index (κ3) is 3.77. The van der Waals surface area contributed by atoms with Gasteiger partial charge in [-0.1, -0.05) is 6.07 Å². The third-order valence-corrected chi connectivity index (χ3v) is 3.82. The van der Waals surface area contributed by atoms with E-state index in [4.69, 9.17) is 5.73 Å². The van der Waals surface area contributed by atoms with Gasteiger partial charge in [-0.25, -0.2) is 4.39 Å². The lowest BCUT2D eigenvalue weighted by Crippen LogP contribution is -2.33. The first kappa shape index (κ1) is 14.9. The van der Waals surface area contributed by atoms with Gasteiger partial charge in [0, 0.05) is 46.2 Å². The summed E-state index contributed by atoms with van der Waals surface area (Å²) in [5.74, 6) is -0.107. The molecule has 2 N–H and O–H groups in total. The molecule has 5 heteroatoms. The van der Waals surface area contributed by atoms with Gasteiger partial charge in [-0.05, 0) is 29.7 Å². The van der Waals surface area contributed by atoms with Crippen molar-refractivity contribution in [3.05, 3.63) is 35.1 Å². The third-order valence-electron chi connectivity index (χ3n) is 3.82. The average Bonchev–Trinajstić information content (AvgIpc) is 2.66. The maximum Gasteiger partial charge on any atom is 0.219 e. The highest BCUT2D eigenvalue weighted by Gasteiger charge is 2.17. The first-order valence-electron chi connectivity index (χ1n) is 7.05. The van der Waals surface area contributed by atoms with Crippen LogP contribution in [0.3, 0.4) is 0 Å². The van der Waals surface area contributed by atoms with E-state index >= 15 is 0 Å². The summed E-state index contributed by atoms with van der Waals surface area (Å²) in [5, 5.41) is 0. The molecule has 1 amide bonds. The lowest BCUT2D eigenvalue weighted by molar-refractivity contribution is -0.128. The van der Waals surface area contributed by atoms with E-state index in [9.17, 15) is 9.18 Å². The SMILES string of the molecule is CC(=O)N1CCCN(Cc2ccc(F)cc2CN)CC1. The van der Waals surface area contributed by atoms with E-state index in [0.29, 0.717) is 6.54 Å². The lowest BCUT2D eigenvalue weighted by atomic mass is 10.1. The average molecular weight is 279 g/mol. The quantitative estimate of drug-likeness (QED) is 0.908. The van der Waals surface area contributed by atoms with Crippen LogP contribution in [-0.4, -0.2) is 41.9 Å². The van der Waals surface area contributed by atoms with Crippen LogP contribution in [0.4, 0.5) is 4.39 Å². The second-order valence-electron chi connectivity index (χ2n) is 5.25. The molecule has 110 valence electrons. The summed E-state index contributed by atoms with van der Waals surface area (Å²) in [5.41, 5.74) is 7.61. The first-order valence-corrected chi connectivity index (χ1v) is 7.05. The number of hydrogen-bond acceptors (Lipinski definition) is 3. The summed E-state index contributed by atoms with van der Waals surface area (Å²) in [6.45, 7) is 6.10. The van der Waals surface area contributed by atoms with Gasteiger partial charge in [0.25, 0.3) is 0 Å². The molecule has 0 unspecified atom stereocenters. The van der Waals surface area contributed by atoms with Crippen LogP contribution in [0.1, 0.15) is 24.5 Å². The standard InChI is InChI=1S/C15H22FN3O/c1-12(20)19-6-2-5-18(7-8-19)11-13-3-4-15(16)9-14(13)10-17/h3-4,9H,2,5-8,10-11,17H2,1H3. The zero-order chi connectivity index (χ0) is 14.5. The Hall–Kier alpha value is -1.46. The Morgan fingerprint density at radius 1 is 1.25 bits per heavy atom. The molecule has 1 saturated heterocycles. The molecule has 1 aliphatic rings. The van der Waals surface area contributed by atoms with E-state index in [-0.39, 0.29) is 11.7 Å². The maximum absolute atomic E-state index is 13.2. The minimum absolute atomic E-state index is 0.135. The molecule has 0 atom stereocenters. The van der Waals surface area contributed by atoms with Crippen molar-refractivity contribution in [1.29, 1.82) is 0 Å². The monoisotopic (exact) mass is 279 g/mol. The molecular weight excluding hydrogens is 257 g/mol. The van der Waals surface area contributed by atoms with Gasteiger partial charge in [0.05, 0.1) is 0 Å². The normalized spacial score (nSPS) is 17.1. The van der Waals surface area contributed by atoms with Crippen LogP contribution in [-0.2, 0) is 17.9 Å². The van der Waals surface area contributed by atoms with Crippen molar-refractivity contribution in [3.8, 4) is 0 Å². The molecule has 4 nitrogen and oxygen atoms in total. The number of hydrogen-bond donors (Lipinski definition) is 1. The van der Waals surface area contributed by atoms with Crippen molar-refractivity contribution in [2.45, 2.75) is 26.4 Å². The number of carbonyl (C=O) groups is 1. The Bertz CT molecular complexity index is 478. The van der Waals surface area contributed by atoms with Gasteiger partial charge in [0.1, 0.15) is 5.82 Å². The summed E-state index contributed by atoms with van der Waals surface area (Å²) >= 11 is 0. The summed E-state index contributed by atoms with van der Waals surface area (Å²) in [4.78, 5) is 15.6. The van der Waals surface area contributed by atoms with E-state index in [1.807, 2.05) is 11.0 Å². The van der Waals surface area contributed by atoms with Gasteiger partial charge in [-0.3, -0.25) is 9.69 Å². The van der Waals surface area contributed by atoms with E-state index in [1.54, 1.807) is 6.92 Å². The Balaban J connectivity index is 2.01. The highest BCUT2D eigenvalue weighted by atomic mass is 19.1. The zero-order valence-electron chi connectivity index (χ0n) is 11.9. The second kappa shape index (κ2) is 6.81. The summed E-state index contributed by atoms with van der Waals surface area (Å²) in [6.07, 6.45) is 0.971.